The van der Waals surface area contributed by atoms with Crippen molar-refractivity contribution in [3.63, 3.8) is 0 Å². The maximum absolute atomic E-state index is 14.5. The Morgan fingerprint density at radius 2 is 1.75 bits per heavy atom. The first kappa shape index (κ1) is 19.9. The molecule has 0 unspecified atom stereocenters. The number of likely N-dealkylation sites (tertiary alicyclic amines) is 1. The summed E-state index contributed by atoms with van der Waals surface area (Å²) in [4.78, 5) is 26.5. The first-order chi connectivity index (χ1) is 15.6. The number of carbonyl (C=O) groups excluding carboxylic acids is 1. The van der Waals surface area contributed by atoms with E-state index in [1.807, 2.05) is 42.5 Å². The highest BCUT2D eigenvalue weighted by Crippen LogP contribution is 2.22. The standard InChI is InChI=1S/C25H21FN4O2/c26-22-11-10-16(13-23-19-8-4-5-9-20(19)24(31)29-28-23)12-21(22)25(32)30-14-18(15-30)27-17-6-2-1-3-7-17/h1-12,18,27H,13-15H2,(H,29,31). The summed E-state index contributed by atoms with van der Waals surface area (Å²) in [7, 11) is 0. The molecule has 0 radical (unpaired) electrons. The maximum atomic E-state index is 14.5. The maximum Gasteiger partial charge on any atom is 0.272 e. The minimum absolute atomic E-state index is 0.0504. The topological polar surface area (TPSA) is 78.1 Å². The Labute approximate surface area is 183 Å². The number of para-hydroxylation sites is 1. The fourth-order valence-electron chi connectivity index (χ4n) is 4.02. The second-order valence-electron chi connectivity index (χ2n) is 7.95. The predicted molar refractivity (Wildman–Crippen MR) is 121 cm³/mol. The van der Waals surface area contributed by atoms with Gasteiger partial charge >= 0.3 is 0 Å². The number of fused-ring (bicyclic) bond motifs is 1. The summed E-state index contributed by atoms with van der Waals surface area (Å²) in [5, 5.41) is 11.3. The van der Waals surface area contributed by atoms with Crippen LogP contribution in [-0.2, 0) is 6.42 Å². The van der Waals surface area contributed by atoms with Gasteiger partial charge in [-0.25, -0.2) is 9.49 Å². The van der Waals surface area contributed by atoms with E-state index in [0.29, 0.717) is 30.6 Å². The van der Waals surface area contributed by atoms with E-state index in [1.54, 1.807) is 29.2 Å². The summed E-state index contributed by atoms with van der Waals surface area (Å²) in [6, 6.07) is 21.7. The molecule has 6 nitrogen and oxygen atoms in total. The Bertz CT molecular complexity index is 1350. The molecule has 0 bridgehead atoms. The van der Waals surface area contributed by atoms with Crippen LogP contribution in [0.4, 0.5) is 10.1 Å². The molecule has 160 valence electrons. The average molecular weight is 428 g/mol. The summed E-state index contributed by atoms with van der Waals surface area (Å²) >= 11 is 0. The number of nitrogens with zero attached hydrogens (tertiary/aromatic N) is 2. The smallest absolute Gasteiger partial charge is 0.272 e. The zero-order valence-electron chi connectivity index (χ0n) is 17.2. The number of rotatable bonds is 5. The van der Waals surface area contributed by atoms with E-state index < -0.39 is 5.82 Å². The molecule has 5 rings (SSSR count). The van der Waals surface area contributed by atoms with Gasteiger partial charge in [0.15, 0.2) is 0 Å². The van der Waals surface area contributed by atoms with Gasteiger partial charge in [-0.05, 0) is 35.9 Å². The van der Waals surface area contributed by atoms with Crippen molar-refractivity contribution in [3.05, 3.63) is 106 Å². The summed E-state index contributed by atoms with van der Waals surface area (Å²) in [6.07, 6.45) is 0.371. The SMILES string of the molecule is O=C(c1cc(Cc2n[nH]c(=O)c3ccccc23)ccc1F)N1CC(Nc2ccccc2)C1. The number of benzene rings is 3. The second kappa shape index (κ2) is 8.26. The molecule has 1 saturated heterocycles. The summed E-state index contributed by atoms with van der Waals surface area (Å²) < 4.78 is 14.5. The molecule has 4 aromatic rings. The number of aromatic amines is 1. The normalized spacial score (nSPS) is 13.7. The summed E-state index contributed by atoms with van der Waals surface area (Å²) in [5.41, 5.74) is 2.21. The highest BCUT2D eigenvalue weighted by atomic mass is 19.1. The number of aromatic nitrogens is 2. The molecule has 2 N–H and O–H groups in total. The van der Waals surface area contributed by atoms with Gasteiger partial charge in [-0.15, -0.1) is 0 Å². The summed E-state index contributed by atoms with van der Waals surface area (Å²) in [6.45, 7) is 1.03. The van der Waals surface area contributed by atoms with Gasteiger partial charge in [-0.2, -0.15) is 5.10 Å². The van der Waals surface area contributed by atoms with Gasteiger partial charge in [0.05, 0.1) is 22.7 Å². The number of nitrogens with one attached hydrogen (secondary N) is 2. The molecule has 1 amide bonds. The number of amides is 1. The molecule has 1 aromatic heterocycles. The van der Waals surface area contributed by atoms with E-state index in [9.17, 15) is 14.0 Å². The zero-order chi connectivity index (χ0) is 22.1. The van der Waals surface area contributed by atoms with Crippen LogP contribution in [0.2, 0.25) is 0 Å². The van der Waals surface area contributed by atoms with E-state index in [4.69, 9.17) is 0 Å². The lowest BCUT2D eigenvalue weighted by molar-refractivity contribution is 0.0620. The minimum Gasteiger partial charge on any atom is -0.379 e. The molecule has 1 aliphatic rings. The lowest BCUT2D eigenvalue weighted by Crippen LogP contribution is -2.57. The van der Waals surface area contributed by atoms with Crippen LogP contribution in [0, 0.1) is 5.82 Å². The molecule has 0 saturated carbocycles. The van der Waals surface area contributed by atoms with Crippen LogP contribution in [0.25, 0.3) is 10.8 Å². The number of hydrogen-bond donors (Lipinski definition) is 2. The molecular formula is C25H21FN4O2. The second-order valence-corrected chi connectivity index (χ2v) is 7.95. The van der Waals surface area contributed by atoms with Crippen LogP contribution in [0.15, 0.2) is 77.6 Å². The number of H-pyrrole nitrogens is 1. The van der Waals surface area contributed by atoms with Gasteiger partial charge in [0.2, 0.25) is 0 Å². The van der Waals surface area contributed by atoms with Crippen LogP contribution in [0.5, 0.6) is 0 Å². The van der Waals surface area contributed by atoms with E-state index in [1.165, 1.54) is 6.07 Å². The van der Waals surface area contributed by atoms with Crippen LogP contribution in [0.3, 0.4) is 0 Å². The lowest BCUT2D eigenvalue weighted by atomic mass is 10.0. The van der Waals surface area contributed by atoms with Crippen molar-refractivity contribution in [1.29, 1.82) is 0 Å². The Balaban J connectivity index is 1.32. The van der Waals surface area contributed by atoms with Gasteiger partial charge in [0, 0.05) is 30.6 Å². The van der Waals surface area contributed by atoms with Gasteiger partial charge in [0.1, 0.15) is 5.82 Å². The molecule has 0 aliphatic carbocycles. The van der Waals surface area contributed by atoms with Crippen LogP contribution in [-0.4, -0.2) is 40.1 Å². The number of carbonyl (C=O) groups is 1. The van der Waals surface area contributed by atoms with E-state index in [-0.39, 0.29) is 23.1 Å². The predicted octanol–water partition coefficient (Wildman–Crippen LogP) is 3.59. The van der Waals surface area contributed by atoms with Crippen molar-refractivity contribution in [1.82, 2.24) is 15.1 Å². The molecule has 1 aliphatic heterocycles. The molecule has 0 spiro atoms. The fraction of sp³-hybridized carbons (Fsp3) is 0.160. The number of halogens is 1. The zero-order valence-corrected chi connectivity index (χ0v) is 17.2. The number of hydrogen-bond acceptors (Lipinski definition) is 4. The largest absolute Gasteiger partial charge is 0.379 e. The molecule has 3 aromatic carbocycles. The fourth-order valence-corrected chi connectivity index (χ4v) is 4.02. The van der Waals surface area contributed by atoms with Gasteiger partial charge in [-0.3, -0.25) is 9.59 Å². The van der Waals surface area contributed by atoms with Gasteiger partial charge in [-0.1, -0.05) is 42.5 Å². The third-order valence-electron chi connectivity index (χ3n) is 5.72. The monoisotopic (exact) mass is 428 g/mol. The molecule has 0 atom stereocenters. The molecule has 7 heteroatoms. The van der Waals surface area contributed by atoms with Gasteiger partial charge < -0.3 is 10.2 Å². The first-order valence-electron chi connectivity index (χ1n) is 10.4. The Kier molecular flexibility index (Phi) is 5.15. The van der Waals surface area contributed by atoms with Crippen LogP contribution in [0.1, 0.15) is 21.6 Å². The first-order valence-corrected chi connectivity index (χ1v) is 10.4. The summed E-state index contributed by atoms with van der Waals surface area (Å²) in [5.74, 6) is -0.868. The van der Waals surface area contributed by atoms with Crippen molar-refractivity contribution >= 4 is 22.4 Å². The Morgan fingerprint density at radius 3 is 2.53 bits per heavy atom. The highest BCUT2D eigenvalue weighted by molar-refractivity contribution is 5.95. The van der Waals surface area contributed by atoms with Crippen molar-refractivity contribution in [2.45, 2.75) is 12.5 Å². The molecule has 32 heavy (non-hydrogen) atoms. The van der Waals surface area contributed by atoms with Crippen molar-refractivity contribution < 1.29 is 9.18 Å². The van der Waals surface area contributed by atoms with Crippen LogP contribution >= 0.6 is 0 Å². The van der Waals surface area contributed by atoms with Gasteiger partial charge in [0.25, 0.3) is 11.5 Å². The Hall–Kier alpha value is -4.00. The minimum atomic E-state index is -0.544. The molecule has 2 heterocycles. The average Bonchev–Trinajstić information content (AvgIpc) is 2.79. The molecule has 1 fully saturated rings. The van der Waals surface area contributed by atoms with Crippen molar-refractivity contribution in [3.8, 4) is 0 Å². The third kappa shape index (κ3) is 3.85. The number of anilines is 1. The Morgan fingerprint density at radius 1 is 1.03 bits per heavy atom. The van der Waals surface area contributed by atoms with E-state index >= 15 is 0 Å². The van der Waals surface area contributed by atoms with Crippen LogP contribution < -0.4 is 10.9 Å². The lowest BCUT2D eigenvalue weighted by Gasteiger charge is -2.40. The third-order valence-corrected chi connectivity index (χ3v) is 5.72. The van der Waals surface area contributed by atoms with E-state index in [2.05, 4.69) is 15.5 Å². The quantitative estimate of drug-likeness (QED) is 0.509. The van der Waals surface area contributed by atoms with Crippen molar-refractivity contribution in [2.24, 2.45) is 0 Å². The van der Waals surface area contributed by atoms with Crippen molar-refractivity contribution in [2.75, 3.05) is 18.4 Å². The highest BCUT2D eigenvalue weighted by Gasteiger charge is 2.32. The molecular weight excluding hydrogens is 407 g/mol. The van der Waals surface area contributed by atoms with E-state index in [0.717, 1.165) is 16.6 Å².